The van der Waals surface area contributed by atoms with E-state index >= 15 is 0 Å². The summed E-state index contributed by atoms with van der Waals surface area (Å²) in [5, 5.41) is 0.411. The summed E-state index contributed by atoms with van der Waals surface area (Å²) in [7, 11) is 0. The molecule has 0 unspecified atom stereocenters. The van der Waals surface area contributed by atoms with E-state index in [4.69, 9.17) is 4.42 Å². The molecule has 0 aliphatic carbocycles. The zero-order valence-electron chi connectivity index (χ0n) is 19.5. The highest BCUT2D eigenvalue weighted by molar-refractivity contribution is 5.79. The molecule has 0 aliphatic heterocycles. The average molecular weight is 453 g/mol. The summed E-state index contributed by atoms with van der Waals surface area (Å²) in [5.74, 6) is 1.03. The summed E-state index contributed by atoms with van der Waals surface area (Å²) in [6.07, 6.45) is 0. The first-order chi connectivity index (χ1) is 16.3. The minimum absolute atomic E-state index is 0.00499. The maximum atomic E-state index is 13.7. The van der Waals surface area contributed by atoms with Gasteiger partial charge in [0.2, 0.25) is 5.89 Å². The van der Waals surface area contributed by atoms with Crippen LogP contribution in [0.2, 0.25) is 0 Å². The molecule has 3 heterocycles. The Hall–Kier alpha value is -4.26. The number of para-hydroxylation sites is 1. The van der Waals surface area contributed by atoms with Crippen LogP contribution < -0.4 is 11.2 Å². The summed E-state index contributed by atoms with van der Waals surface area (Å²) < 4.78 is 8.64. The monoisotopic (exact) mass is 452 g/mol. The molecule has 5 aromatic rings. The quantitative estimate of drug-likeness (QED) is 0.401. The molecule has 0 aliphatic rings. The van der Waals surface area contributed by atoms with Crippen LogP contribution in [-0.2, 0) is 6.54 Å². The number of hydrogen-bond donors (Lipinski definition) is 0. The fourth-order valence-corrected chi connectivity index (χ4v) is 4.28. The van der Waals surface area contributed by atoms with Crippen LogP contribution in [0.15, 0.2) is 74.7 Å². The SMILES string of the molecule is Cc1cc(C)c2c(=O)n(Cc3nc(-c4ccccc4C)oc3C)c(=O)n(-c3ccccc3)c2n1. The van der Waals surface area contributed by atoms with Crippen LogP contribution in [-0.4, -0.2) is 19.1 Å². The van der Waals surface area contributed by atoms with Gasteiger partial charge in [0.05, 0.1) is 17.6 Å². The molecule has 0 amide bonds. The summed E-state index contributed by atoms with van der Waals surface area (Å²) in [5.41, 5.74) is 4.08. The molecule has 170 valence electrons. The zero-order valence-corrected chi connectivity index (χ0v) is 19.5. The molecule has 7 heteroatoms. The molecule has 34 heavy (non-hydrogen) atoms. The molecule has 2 aromatic carbocycles. The third kappa shape index (κ3) is 3.55. The Morgan fingerprint density at radius 3 is 2.29 bits per heavy atom. The van der Waals surface area contributed by atoms with E-state index in [1.807, 2.05) is 81.4 Å². The Balaban J connectivity index is 1.74. The third-order valence-electron chi connectivity index (χ3n) is 6.01. The van der Waals surface area contributed by atoms with Crippen LogP contribution >= 0.6 is 0 Å². The number of benzene rings is 2. The van der Waals surface area contributed by atoms with Crippen molar-refractivity contribution in [2.45, 2.75) is 34.2 Å². The van der Waals surface area contributed by atoms with Gasteiger partial charge in [0.15, 0.2) is 5.65 Å². The predicted octanol–water partition coefficient (Wildman–Crippen LogP) is 4.48. The van der Waals surface area contributed by atoms with Crippen LogP contribution in [0, 0.1) is 27.7 Å². The second kappa shape index (κ2) is 8.26. The van der Waals surface area contributed by atoms with Gasteiger partial charge in [-0.3, -0.25) is 9.36 Å². The number of aromatic nitrogens is 4. The number of rotatable bonds is 4. The van der Waals surface area contributed by atoms with Gasteiger partial charge in [-0.05, 0) is 63.1 Å². The van der Waals surface area contributed by atoms with Crippen molar-refractivity contribution in [1.29, 1.82) is 0 Å². The number of aryl methyl sites for hydroxylation is 4. The Bertz CT molecular complexity index is 1660. The first-order valence-corrected chi connectivity index (χ1v) is 11.1. The molecule has 0 spiro atoms. The van der Waals surface area contributed by atoms with Gasteiger partial charge in [-0.15, -0.1) is 0 Å². The van der Waals surface area contributed by atoms with Crippen molar-refractivity contribution in [3.63, 3.8) is 0 Å². The van der Waals surface area contributed by atoms with E-state index in [1.165, 1.54) is 9.13 Å². The molecular weight excluding hydrogens is 428 g/mol. The maximum absolute atomic E-state index is 13.7. The fraction of sp³-hybridized carbons (Fsp3) is 0.185. The van der Waals surface area contributed by atoms with Gasteiger partial charge < -0.3 is 4.42 Å². The minimum atomic E-state index is -0.471. The molecule has 0 saturated carbocycles. The van der Waals surface area contributed by atoms with E-state index in [-0.39, 0.29) is 6.54 Å². The number of nitrogens with zero attached hydrogens (tertiary/aromatic N) is 4. The van der Waals surface area contributed by atoms with Gasteiger partial charge in [0, 0.05) is 11.3 Å². The zero-order chi connectivity index (χ0) is 24.0. The van der Waals surface area contributed by atoms with E-state index in [0.717, 1.165) is 22.4 Å². The lowest BCUT2D eigenvalue weighted by Crippen LogP contribution is -2.40. The molecule has 0 fully saturated rings. The molecule has 0 N–H and O–H groups in total. The molecule has 5 rings (SSSR count). The minimum Gasteiger partial charge on any atom is -0.441 e. The molecule has 3 aromatic heterocycles. The summed E-state index contributed by atoms with van der Waals surface area (Å²) >= 11 is 0. The van der Waals surface area contributed by atoms with Crippen molar-refractivity contribution < 1.29 is 4.42 Å². The van der Waals surface area contributed by atoms with Crippen molar-refractivity contribution in [2.24, 2.45) is 0 Å². The average Bonchev–Trinajstić information content (AvgIpc) is 3.17. The van der Waals surface area contributed by atoms with E-state index < -0.39 is 11.2 Å². The second-order valence-corrected chi connectivity index (χ2v) is 8.46. The van der Waals surface area contributed by atoms with Crippen LogP contribution in [0.1, 0.15) is 28.3 Å². The van der Waals surface area contributed by atoms with Crippen LogP contribution in [0.5, 0.6) is 0 Å². The number of fused-ring (bicyclic) bond motifs is 1. The van der Waals surface area contributed by atoms with Crippen molar-refractivity contribution in [3.8, 4) is 17.1 Å². The van der Waals surface area contributed by atoms with Gasteiger partial charge >= 0.3 is 5.69 Å². The standard InChI is InChI=1S/C27H24N4O3/c1-16-10-8-9-13-21(16)25-29-22(19(4)34-25)15-30-26(32)23-17(2)14-18(3)28-24(23)31(27(30)33)20-11-6-5-7-12-20/h5-14H,15H2,1-4H3. The normalized spacial score (nSPS) is 11.3. The van der Waals surface area contributed by atoms with Crippen LogP contribution in [0.25, 0.3) is 28.2 Å². The number of oxazole rings is 1. The van der Waals surface area contributed by atoms with Crippen molar-refractivity contribution in [1.82, 2.24) is 19.1 Å². The Labute approximate surface area is 196 Å². The predicted molar refractivity (Wildman–Crippen MR) is 132 cm³/mol. The summed E-state index contributed by atoms with van der Waals surface area (Å²) in [4.78, 5) is 36.5. The first kappa shape index (κ1) is 21.6. The second-order valence-electron chi connectivity index (χ2n) is 8.46. The summed E-state index contributed by atoms with van der Waals surface area (Å²) in [6.45, 7) is 7.49. The summed E-state index contributed by atoms with van der Waals surface area (Å²) in [6, 6.07) is 18.9. The smallest absolute Gasteiger partial charge is 0.337 e. The Kier molecular flexibility index (Phi) is 5.24. The molecular formula is C27H24N4O3. The van der Waals surface area contributed by atoms with E-state index in [1.54, 1.807) is 6.92 Å². The molecule has 0 saturated heterocycles. The van der Waals surface area contributed by atoms with Gasteiger partial charge in [-0.25, -0.2) is 19.3 Å². The third-order valence-corrected chi connectivity index (χ3v) is 6.01. The highest BCUT2D eigenvalue weighted by atomic mass is 16.4. The lowest BCUT2D eigenvalue weighted by atomic mass is 10.1. The highest BCUT2D eigenvalue weighted by Crippen LogP contribution is 2.25. The maximum Gasteiger partial charge on any atom is 0.337 e. The van der Waals surface area contributed by atoms with Crippen molar-refractivity contribution >= 4 is 11.0 Å². The number of pyridine rings is 1. The van der Waals surface area contributed by atoms with Crippen molar-refractivity contribution in [3.05, 3.63) is 110 Å². The van der Waals surface area contributed by atoms with Crippen LogP contribution in [0.3, 0.4) is 0 Å². The van der Waals surface area contributed by atoms with Crippen molar-refractivity contribution in [2.75, 3.05) is 0 Å². The molecule has 0 radical (unpaired) electrons. The van der Waals surface area contributed by atoms with Gasteiger partial charge in [-0.1, -0.05) is 36.4 Å². The van der Waals surface area contributed by atoms with Gasteiger partial charge in [-0.2, -0.15) is 0 Å². The lowest BCUT2D eigenvalue weighted by molar-refractivity contribution is 0.536. The molecule has 0 bridgehead atoms. The Morgan fingerprint density at radius 2 is 1.56 bits per heavy atom. The highest BCUT2D eigenvalue weighted by Gasteiger charge is 2.20. The Morgan fingerprint density at radius 1 is 0.853 bits per heavy atom. The van der Waals surface area contributed by atoms with E-state index in [0.29, 0.717) is 34.1 Å². The molecule has 0 atom stereocenters. The van der Waals surface area contributed by atoms with E-state index in [2.05, 4.69) is 9.97 Å². The fourth-order valence-electron chi connectivity index (χ4n) is 4.28. The van der Waals surface area contributed by atoms with Gasteiger partial charge in [0.1, 0.15) is 11.5 Å². The van der Waals surface area contributed by atoms with E-state index in [9.17, 15) is 9.59 Å². The first-order valence-electron chi connectivity index (χ1n) is 11.1. The van der Waals surface area contributed by atoms with Gasteiger partial charge in [0.25, 0.3) is 5.56 Å². The largest absolute Gasteiger partial charge is 0.441 e. The number of hydrogen-bond acceptors (Lipinski definition) is 5. The lowest BCUT2D eigenvalue weighted by Gasteiger charge is -2.15. The topological polar surface area (TPSA) is 82.9 Å². The van der Waals surface area contributed by atoms with Crippen LogP contribution in [0.4, 0.5) is 0 Å². The molecule has 7 nitrogen and oxygen atoms in total.